The molecule has 0 saturated heterocycles. The molecule has 1 aromatic carbocycles. The SMILES string of the molecule is CC(C)=CCNc1ccc(C(F)(F)F)cc1Cl. The van der Waals surface area contributed by atoms with Crippen molar-refractivity contribution in [2.75, 3.05) is 11.9 Å². The van der Waals surface area contributed by atoms with Crippen molar-refractivity contribution >= 4 is 17.3 Å². The Balaban J connectivity index is 2.80. The smallest absolute Gasteiger partial charge is 0.380 e. The number of allylic oxidation sites excluding steroid dienone is 1. The largest absolute Gasteiger partial charge is 0.416 e. The molecule has 1 aromatic rings. The maximum atomic E-state index is 12.4. The monoisotopic (exact) mass is 263 g/mol. The first-order chi connectivity index (χ1) is 7.80. The minimum absolute atomic E-state index is 0.0713. The Hall–Kier alpha value is -1.16. The highest BCUT2D eigenvalue weighted by atomic mass is 35.5. The summed E-state index contributed by atoms with van der Waals surface area (Å²) in [5.41, 5.74) is 0.882. The second-order valence-corrected chi connectivity index (χ2v) is 4.26. The predicted octanol–water partition coefficient (Wildman–Crippen LogP) is 4.74. The van der Waals surface area contributed by atoms with Crippen LogP contribution in [-0.2, 0) is 6.18 Å². The first-order valence-electron chi connectivity index (χ1n) is 5.04. The average Bonchev–Trinajstić information content (AvgIpc) is 2.18. The highest BCUT2D eigenvalue weighted by Crippen LogP contribution is 2.33. The van der Waals surface area contributed by atoms with E-state index >= 15 is 0 Å². The highest BCUT2D eigenvalue weighted by Gasteiger charge is 2.30. The Bertz CT molecular complexity index is 420. The van der Waals surface area contributed by atoms with Crippen molar-refractivity contribution in [1.82, 2.24) is 0 Å². The van der Waals surface area contributed by atoms with E-state index in [-0.39, 0.29) is 5.02 Å². The minimum Gasteiger partial charge on any atom is -0.380 e. The molecule has 5 heteroatoms. The summed E-state index contributed by atoms with van der Waals surface area (Å²) in [5, 5.41) is 3.02. The van der Waals surface area contributed by atoms with Gasteiger partial charge in [0.2, 0.25) is 0 Å². The van der Waals surface area contributed by atoms with Crippen LogP contribution in [0, 0.1) is 0 Å². The Morgan fingerprint density at radius 3 is 2.47 bits per heavy atom. The molecule has 0 atom stereocenters. The van der Waals surface area contributed by atoms with E-state index < -0.39 is 11.7 Å². The van der Waals surface area contributed by atoms with Crippen LogP contribution in [0.3, 0.4) is 0 Å². The van der Waals surface area contributed by atoms with Crippen molar-refractivity contribution in [3.8, 4) is 0 Å². The number of rotatable bonds is 3. The van der Waals surface area contributed by atoms with Crippen LogP contribution >= 0.6 is 11.6 Å². The molecule has 0 amide bonds. The molecule has 17 heavy (non-hydrogen) atoms. The summed E-state index contributed by atoms with van der Waals surface area (Å²) < 4.78 is 37.1. The van der Waals surface area contributed by atoms with Gasteiger partial charge in [0.05, 0.1) is 16.3 Å². The zero-order valence-corrected chi connectivity index (χ0v) is 10.3. The van der Waals surface area contributed by atoms with Gasteiger partial charge < -0.3 is 5.32 Å². The highest BCUT2D eigenvalue weighted by molar-refractivity contribution is 6.33. The van der Waals surface area contributed by atoms with Crippen LogP contribution in [0.5, 0.6) is 0 Å². The molecule has 1 rings (SSSR count). The fraction of sp³-hybridized carbons (Fsp3) is 0.333. The normalized spacial score (nSPS) is 11.2. The van der Waals surface area contributed by atoms with Crippen LogP contribution in [0.15, 0.2) is 29.8 Å². The van der Waals surface area contributed by atoms with Gasteiger partial charge >= 0.3 is 6.18 Å². The Morgan fingerprint density at radius 2 is 2.00 bits per heavy atom. The molecule has 0 bridgehead atoms. The fourth-order valence-electron chi connectivity index (χ4n) is 1.20. The number of anilines is 1. The molecule has 0 unspecified atom stereocenters. The molecule has 0 aliphatic heterocycles. The standard InChI is InChI=1S/C12H13ClF3N/c1-8(2)5-6-17-11-4-3-9(7-10(11)13)12(14,15)16/h3-5,7,17H,6H2,1-2H3. The summed E-state index contributed by atoms with van der Waals surface area (Å²) >= 11 is 5.77. The third kappa shape index (κ3) is 4.30. The van der Waals surface area contributed by atoms with Gasteiger partial charge in [-0.25, -0.2) is 0 Å². The third-order valence-corrected chi connectivity index (χ3v) is 2.41. The lowest BCUT2D eigenvalue weighted by Crippen LogP contribution is -2.06. The van der Waals surface area contributed by atoms with Crippen molar-refractivity contribution < 1.29 is 13.2 Å². The van der Waals surface area contributed by atoms with Gasteiger partial charge in [0, 0.05) is 6.54 Å². The number of alkyl halides is 3. The predicted molar refractivity (Wildman–Crippen MR) is 64.4 cm³/mol. The molecule has 1 N–H and O–H groups in total. The van der Waals surface area contributed by atoms with Gasteiger partial charge in [-0.3, -0.25) is 0 Å². The summed E-state index contributed by atoms with van der Waals surface area (Å²) in [6, 6.07) is 3.27. The lowest BCUT2D eigenvalue weighted by atomic mass is 10.2. The van der Waals surface area contributed by atoms with Crippen molar-refractivity contribution in [1.29, 1.82) is 0 Å². The number of hydrogen-bond donors (Lipinski definition) is 1. The number of benzene rings is 1. The van der Waals surface area contributed by atoms with Crippen molar-refractivity contribution in [3.63, 3.8) is 0 Å². The van der Waals surface area contributed by atoms with Crippen LogP contribution < -0.4 is 5.32 Å². The number of halogens is 4. The second kappa shape index (κ2) is 5.45. The lowest BCUT2D eigenvalue weighted by molar-refractivity contribution is -0.137. The maximum absolute atomic E-state index is 12.4. The van der Waals surface area contributed by atoms with Crippen molar-refractivity contribution in [2.24, 2.45) is 0 Å². The molecule has 0 saturated carbocycles. The Labute approximate surface area is 103 Å². The van der Waals surface area contributed by atoms with Gasteiger partial charge in [-0.2, -0.15) is 13.2 Å². The van der Waals surface area contributed by atoms with Crippen LogP contribution in [0.25, 0.3) is 0 Å². The fourth-order valence-corrected chi connectivity index (χ4v) is 1.45. The zero-order valence-electron chi connectivity index (χ0n) is 9.53. The van der Waals surface area contributed by atoms with E-state index in [1.807, 2.05) is 19.9 Å². The zero-order chi connectivity index (χ0) is 13.1. The molecule has 0 heterocycles. The molecule has 0 aliphatic carbocycles. The van der Waals surface area contributed by atoms with E-state index in [4.69, 9.17) is 11.6 Å². The van der Waals surface area contributed by atoms with E-state index in [0.717, 1.165) is 17.7 Å². The third-order valence-electron chi connectivity index (χ3n) is 2.10. The van der Waals surface area contributed by atoms with Crippen LogP contribution in [0.2, 0.25) is 5.02 Å². The van der Waals surface area contributed by atoms with Crippen molar-refractivity contribution in [3.05, 3.63) is 40.4 Å². The number of hydrogen-bond acceptors (Lipinski definition) is 1. The molecule has 0 aliphatic rings. The van der Waals surface area contributed by atoms with Crippen molar-refractivity contribution in [2.45, 2.75) is 20.0 Å². The molecule has 0 radical (unpaired) electrons. The Kier molecular flexibility index (Phi) is 4.46. The average molecular weight is 264 g/mol. The summed E-state index contributed by atoms with van der Waals surface area (Å²) in [7, 11) is 0. The van der Waals surface area contributed by atoms with Gasteiger partial charge in [0.15, 0.2) is 0 Å². The topological polar surface area (TPSA) is 12.0 Å². The van der Waals surface area contributed by atoms with E-state index in [2.05, 4.69) is 5.32 Å². The van der Waals surface area contributed by atoms with Gasteiger partial charge in [-0.15, -0.1) is 0 Å². The second-order valence-electron chi connectivity index (χ2n) is 3.85. The van der Waals surface area contributed by atoms with Gasteiger partial charge in [0.1, 0.15) is 0 Å². The summed E-state index contributed by atoms with van der Waals surface area (Å²) in [6.07, 6.45) is -2.43. The van der Waals surface area contributed by atoms with Gasteiger partial charge in [-0.05, 0) is 32.0 Å². The first kappa shape index (κ1) is 13.9. The van der Waals surface area contributed by atoms with Crippen LogP contribution in [-0.4, -0.2) is 6.54 Å². The minimum atomic E-state index is -4.36. The lowest BCUT2D eigenvalue weighted by Gasteiger charge is -2.10. The van der Waals surface area contributed by atoms with E-state index in [9.17, 15) is 13.2 Å². The number of nitrogens with one attached hydrogen (secondary N) is 1. The van der Waals surface area contributed by atoms with E-state index in [1.165, 1.54) is 6.07 Å². The summed E-state index contributed by atoms with van der Waals surface area (Å²) in [5.74, 6) is 0. The van der Waals surface area contributed by atoms with E-state index in [0.29, 0.717) is 12.2 Å². The summed E-state index contributed by atoms with van der Waals surface area (Å²) in [4.78, 5) is 0. The molecule has 0 aromatic heterocycles. The quantitative estimate of drug-likeness (QED) is 0.777. The summed E-state index contributed by atoms with van der Waals surface area (Å²) in [6.45, 7) is 4.42. The van der Waals surface area contributed by atoms with Gasteiger partial charge in [0.25, 0.3) is 0 Å². The van der Waals surface area contributed by atoms with Crippen LogP contribution in [0.1, 0.15) is 19.4 Å². The molecule has 1 nitrogen and oxygen atoms in total. The molecule has 0 spiro atoms. The van der Waals surface area contributed by atoms with E-state index in [1.54, 1.807) is 0 Å². The molecule has 94 valence electrons. The Morgan fingerprint density at radius 1 is 1.35 bits per heavy atom. The first-order valence-corrected chi connectivity index (χ1v) is 5.42. The molecular formula is C12H13ClF3N. The molecule has 0 fully saturated rings. The maximum Gasteiger partial charge on any atom is 0.416 e. The van der Waals surface area contributed by atoms with Crippen LogP contribution in [0.4, 0.5) is 18.9 Å². The molecular weight excluding hydrogens is 251 g/mol. The van der Waals surface area contributed by atoms with Gasteiger partial charge in [-0.1, -0.05) is 23.3 Å².